The van der Waals surface area contributed by atoms with Crippen LogP contribution in [0.5, 0.6) is 5.75 Å². The predicted octanol–water partition coefficient (Wildman–Crippen LogP) is 1.57. The Kier molecular flexibility index (Phi) is 5.08. The number of ether oxygens (including phenoxy) is 1. The number of carbonyl (C=O) groups excluding carboxylic acids is 1. The number of amides is 1. The van der Waals surface area contributed by atoms with Crippen molar-refractivity contribution in [3.63, 3.8) is 0 Å². The predicted molar refractivity (Wildman–Crippen MR) is 83.6 cm³/mol. The maximum atomic E-state index is 12.7. The van der Waals surface area contributed by atoms with Gasteiger partial charge >= 0.3 is 0 Å². The number of likely N-dealkylation sites (tertiary alicyclic amines) is 1. The van der Waals surface area contributed by atoms with Gasteiger partial charge in [0.15, 0.2) is 0 Å². The summed E-state index contributed by atoms with van der Waals surface area (Å²) in [5.74, 6) is 0.122. The fourth-order valence-electron chi connectivity index (χ4n) is 2.42. The van der Waals surface area contributed by atoms with Crippen LogP contribution in [-0.2, 0) is 10.0 Å². The summed E-state index contributed by atoms with van der Waals surface area (Å²) in [6, 6.07) is 4.58. The molecule has 1 amide bonds. The zero-order chi connectivity index (χ0) is 16.3. The van der Waals surface area contributed by atoms with E-state index in [-0.39, 0.29) is 16.6 Å². The molecular formula is C15H22N2O4S. The summed E-state index contributed by atoms with van der Waals surface area (Å²) >= 11 is 0. The Morgan fingerprint density at radius 3 is 2.36 bits per heavy atom. The van der Waals surface area contributed by atoms with Gasteiger partial charge in [0, 0.05) is 31.7 Å². The van der Waals surface area contributed by atoms with Crippen LogP contribution in [0.2, 0.25) is 0 Å². The lowest BCUT2D eigenvalue weighted by molar-refractivity contribution is 0.0651. The van der Waals surface area contributed by atoms with E-state index in [1.54, 1.807) is 30.9 Å². The molecule has 0 N–H and O–H groups in total. The Labute approximate surface area is 131 Å². The lowest BCUT2D eigenvalue weighted by atomic mass is 10.1. The second-order valence-corrected chi connectivity index (χ2v) is 7.01. The quantitative estimate of drug-likeness (QED) is 0.796. The monoisotopic (exact) mass is 326 g/mol. The number of nitrogens with zero attached hydrogens (tertiary/aromatic N) is 2. The average molecular weight is 326 g/mol. The van der Waals surface area contributed by atoms with E-state index in [4.69, 9.17) is 4.74 Å². The van der Waals surface area contributed by atoms with Crippen LogP contribution in [0, 0.1) is 0 Å². The highest BCUT2D eigenvalue weighted by atomic mass is 32.2. The molecule has 2 rings (SSSR count). The van der Waals surface area contributed by atoms with Gasteiger partial charge in [0.2, 0.25) is 10.0 Å². The van der Waals surface area contributed by atoms with Crippen molar-refractivity contribution in [2.45, 2.75) is 25.2 Å². The van der Waals surface area contributed by atoms with Crippen LogP contribution in [0.1, 0.15) is 30.6 Å². The summed E-state index contributed by atoms with van der Waals surface area (Å²) in [6.45, 7) is 5.75. The SMILES string of the molecule is CCN(CC)S(=O)(=O)c1cc(C(=O)N2CCC2)ccc1OC. The molecule has 0 bridgehead atoms. The molecule has 0 unspecified atom stereocenters. The molecule has 1 aromatic rings. The van der Waals surface area contributed by atoms with Crippen molar-refractivity contribution in [3.05, 3.63) is 23.8 Å². The van der Waals surface area contributed by atoms with Crippen LogP contribution in [0.15, 0.2) is 23.1 Å². The lowest BCUT2D eigenvalue weighted by Crippen LogP contribution is -2.42. The Morgan fingerprint density at radius 1 is 1.27 bits per heavy atom. The number of hydrogen-bond acceptors (Lipinski definition) is 4. The van der Waals surface area contributed by atoms with Gasteiger partial charge in [-0.2, -0.15) is 4.31 Å². The van der Waals surface area contributed by atoms with E-state index in [2.05, 4.69) is 0 Å². The van der Waals surface area contributed by atoms with E-state index in [0.717, 1.165) is 19.5 Å². The molecule has 1 fully saturated rings. The molecule has 1 aliphatic rings. The number of methoxy groups -OCH3 is 1. The summed E-state index contributed by atoms with van der Waals surface area (Å²) in [6.07, 6.45) is 0.993. The van der Waals surface area contributed by atoms with Gasteiger partial charge in [-0.05, 0) is 24.6 Å². The minimum Gasteiger partial charge on any atom is -0.495 e. The molecule has 0 saturated carbocycles. The Morgan fingerprint density at radius 2 is 1.91 bits per heavy atom. The number of hydrogen-bond donors (Lipinski definition) is 0. The molecule has 7 heteroatoms. The normalized spacial score (nSPS) is 14.8. The van der Waals surface area contributed by atoms with E-state index >= 15 is 0 Å². The molecule has 0 radical (unpaired) electrons. The maximum Gasteiger partial charge on any atom is 0.253 e. The molecular weight excluding hydrogens is 304 g/mol. The van der Waals surface area contributed by atoms with Crippen LogP contribution < -0.4 is 4.74 Å². The molecule has 1 aromatic carbocycles. The highest BCUT2D eigenvalue weighted by Gasteiger charge is 2.28. The Bertz CT molecular complexity index is 650. The van der Waals surface area contributed by atoms with Gasteiger partial charge in [-0.15, -0.1) is 0 Å². The minimum atomic E-state index is -3.68. The van der Waals surface area contributed by atoms with E-state index in [0.29, 0.717) is 18.7 Å². The summed E-state index contributed by atoms with van der Waals surface area (Å²) in [5.41, 5.74) is 0.381. The van der Waals surface area contributed by atoms with Crippen LogP contribution in [-0.4, -0.2) is 56.8 Å². The van der Waals surface area contributed by atoms with Gasteiger partial charge in [0.25, 0.3) is 5.91 Å². The summed E-state index contributed by atoms with van der Waals surface area (Å²) in [4.78, 5) is 14.0. The largest absolute Gasteiger partial charge is 0.495 e. The van der Waals surface area contributed by atoms with Gasteiger partial charge in [-0.3, -0.25) is 4.79 Å². The number of rotatable bonds is 6. The first kappa shape index (κ1) is 16.8. The second kappa shape index (κ2) is 6.66. The van der Waals surface area contributed by atoms with Gasteiger partial charge < -0.3 is 9.64 Å². The standard InChI is InChI=1S/C15H22N2O4S/c1-4-17(5-2)22(19,20)14-11-12(7-8-13(14)21-3)15(18)16-9-6-10-16/h7-8,11H,4-6,9-10H2,1-3H3. The van der Waals surface area contributed by atoms with Gasteiger partial charge in [-0.25, -0.2) is 8.42 Å². The first-order valence-electron chi connectivity index (χ1n) is 7.43. The molecule has 122 valence electrons. The number of carbonyl (C=O) groups is 1. The lowest BCUT2D eigenvalue weighted by Gasteiger charge is -2.31. The third kappa shape index (κ3) is 2.96. The van der Waals surface area contributed by atoms with Gasteiger partial charge in [-0.1, -0.05) is 13.8 Å². The van der Waals surface area contributed by atoms with Crippen LogP contribution in [0.3, 0.4) is 0 Å². The van der Waals surface area contributed by atoms with Crippen LogP contribution in [0.25, 0.3) is 0 Å². The van der Waals surface area contributed by atoms with E-state index in [1.807, 2.05) is 0 Å². The second-order valence-electron chi connectivity index (χ2n) is 5.10. The van der Waals surface area contributed by atoms with E-state index in [9.17, 15) is 13.2 Å². The summed E-state index contributed by atoms with van der Waals surface area (Å²) < 4.78 is 32.0. The van der Waals surface area contributed by atoms with Crippen LogP contribution >= 0.6 is 0 Å². The van der Waals surface area contributed by atoms with Crippen molar-refractivity contribution in [2.75, 3.05) is 33.3 Å². The van der Waals surface area contributed by atoms with Crippen molar-refractivity contribution >= 4 is 15.9 Å². The summed E-state index contributed by atoms with van der Waals surface area (Å²) in [5, 5.41) is 0. The van der Waals surface area contributed by atoms with Crippen molar-refractivity contribution < 1.29 is 17.9 Å². The first-order chi connectivity index (χ1) is 10.5. The highest BCUT2D eigenvalue weighted by molar-refractivity contribution is 7.89. The third-order valence-corrected chi connectivity index (χ3v) is 5.95. The van der Waals surface area contributed by atoms with E-state index in [1.165, 1.54) is 17.5 Å². The highest BCUT2D eigenvalue weighted by Crippen LogP contribution is 2.28. The minimum absolute atomic E-state index is 0.0464. The van der Waals surface area contributed by atoms with E-state index < -0.39 is 10.0 Å². The maximum absolute atomic E-state index is 12.7. The zero-order valence-corrected chi connectivity index (χ0v) is 14.0. The Balaban J connectivity index is 2.46. The van der Waals surface area contributed by atoms with Gasteiger partial charge in [0.05, 0.1) is 7.11 Å². The molecule has 0 atom stereocenters. The molecule has 0 spiro atoms. The summed E-state index contributed by atoms with van der Waals surface area (Å²) in [7, 11) is -2.25. The zero-order valence-electron chi connectivity index (χ0n) is 13.2. The van der Waals surface area contributed by atoms with Crippen molar-refractivity contribution in [3.8, 4) is 5.75 Å². The van der Waals surface area contributed by atoms with Crippen molar-refractivity contribution in [1.82, 2.24) is 9.21 Å². The average Bonchev–Trinajstić information content (AvgIpc) is 2.45. The number of benzene rings is 1. The van der Waals surface area contributed by atoms with Gasteiger partial charge in [0.1, 0.15) is 10.6 Å². The molecule has 1 heterocycles. The van der Waals surface area contributed by atoms with Crippen LogP contribution in [0.4, 0.5) is 0 Å². The molecule has 0 aliphatic carbocycles. The number of sulfonamides is 1. The fraction of sp³-hybridized carbons (Fsp3) is 0.533. The third-order valence-electron chi connectivity index (χ3n) is 3.88. The Hall–Kier alpha value is -1.60. The fourth-order valence-corrected chi connectivity index (χ4v) is 4.06. The van der Waals surface area contributed by atoms with Crippen molar-refractivity contribution in [2.24, 2.45) is 0 Å². The van der Waals surface area contributed by atoms with Crippen molar-refractivity contribution in [1.29, 1.82) is 0 Å². The molecule has 1 saturated heterocycles. The molecule has 0 aromatic heterocycles. The smallest absolute Gasteiger partial charge is 0.253 e. The first-order valence-corrected chi connectivity index (χ1v) is 8.87. The topological polar surface area (TPSA) is 66.9 Å². The molecule has 1 aliphatic heterocycles. The molecule has 6 nitrogen and oxygen atoms in total. The molecule has 22 heavy (non-hydrogen) atoms.